The minimum Gasteiger partial charge on any atom is -0.507 e. The summed E-state index contributed by atoms with van der Waals surface area (Å²) in [5, 5.41) is 26.4. The number of benzene rings is 1. The summed E-state index contributed by atoms with van der Waals surface area (Å²) in [5.41, 5.74) is -0.101. The molecule has 0 spiro atoms. The molecule has 41 heavy (non-hydrogen) atoms. The lowest BCUT2D eigenvalue weighted by atomic mass is 10.2. The predicted molar refractivity (Wildman–Crippen MR) is 164 cm³/mol. The van der Waals surface area contributed by atoms with Crippen molar-refractivity contribution >= 4 is 23.6 Å². The zero-order chi connectivity index (χ0) is 30.1. The van der Waals surface area contributed by atoms with Crippen LogP contribution in [0.1, 0.15) is 69.2 Å². The molecule has 0 saturated carbocycles. The quantitative estimate of drug-likeness (QED) is 0.0716. The Hall–Kier alpha value is -4.11. The number of allylic oxidation sites excluding steroid dienone is 9. The lowest BCUT2D eigenvalue weighted by Crippen LogP contribution is -2.41. The summed E-state index contributed by atoms with van der Waals surface area (Å²) in [7, 11) is 0. The van der Waals surface area contributed by atoms with Gasteiger partial charge in [-0.3, -0.25) is 4.79 Å². The Morgan fingerprint density at radius 1 is 0.829 bits per heavy atom. The molecular weight excluding hydrogens is 522 g/mol. The van der Waals surface area contributed by atoms with E-state index in [1.165, 1.54) is 12.1 Å². The van der Waals surface area contributed by atoms with E-state index in [9.17, 15) is 19.5 Å². The van der Waals surface area contributed by atoms with Crippen molar-refractivity contribution in [2.24, 2.45) is 0 Å². The molecule has 9 nitrogen and oxygen atoms in total. The SMILES string of the molecule is CC/C=C\C/C=C\C/C=C\C/C=C\C/C=C\CCOC(CC)C(=O)NCCNC(=O)Nc1ccc(O)c(C(=O)O)c1. The monoisotopic (exact) mass is 567 g/mol. The third-order valence-corrected chi connectivity index (χ3v) is 5.62. The van der Waals surface area contributed by atoms with Gasteiger partial charge in [0.25, 0.3) is 0 Å². The maximum Gasteiger partial charge on any atom is 0.339 e. The van der Waals surface area contributed by atoms with E-state index in [1.807, 2.05) is 13.0 Å². The van der Waals surface area contributed by atoms with Crippen molar-refractivity contribution in [1.82, 2.24) is 10.6 Å². The number of rotatable bonds is 20. The van der Waals surface area contributed by atoms with Gasteiger partial charge in [0.05, 0.1) is 6.61 Å². The van der Waals surface area contributed by atoms with Crippen molar-refractivity contribution in [3.05, 3.63) is 84.5 Å². The van der Waals surface area contributed by atoms with Gasteiger partial charge in [-0.15, -0.1) is 0 Å². The van der Waals surface area contributed by atoms with Crippen molar-refractivity contribution in [2.45, 2.75) is 64.9 Å². The number of urea groups is 1. The summed E-state index contributed by atoms with van der Waals surface area (Å²) in [4.78, 5) is 35.5. The summed E-state index contributed by atoms with van der Waals surface area (Å²) >= 11 is 0. The molecule has 0 bridgehead atoms. The van der Waals surface area contributed by atoms with E-state index in [1.54, 1.807) is 0 Å². The number of nitrogens with one attached hydrogen (secondary N) is 3. The van der Waals surface area contributed by atoms with Crippen LogP contribution < -0.4 is 16.0 Å². The number of phenols is 1. The lowest BCUT2D eigenvalue weighted by molar-refractivity contribution is -0.132. The Morgan fingerprint density at radius 3 is 1.95 bits per heavy atom. The number of ether oxygens (including phenoxy) is 1. The van der Waals surface area contributed by atoms with Crippen LogP contribution in [0.5, 0.6) is 5.75 Å². The van der Waals surface area contributed by atoms with Gasteiger partial charge in [0.1, 0.15) is 17.4 Å². The second-order valence-electron chi connectivity index (χ2n) is 8.97. The Labute approximate surface area is 243 Å². The second-order valence-corrected chi connectivity index (χ2v) is 8.97. The first-order valence-electron chi connectivity index (χ1n) is 14.1. The number of carboxylic acids is 1. The first-order chi connectivity index (χ1) is 19.9. The summed E-state index contributed by atoms with van der Waals surface area (Å²) < 4.78 is 5.70. The van der Waals surface area contributed by atoms with Gasteiger partial charge < -0.3 is 30.9 Å². The molecule has 1 atom stereocenters. The normalized spacial score (nSPS) is 12.6. The smallest absolute Gasteiger partial charge is 0.339 e. The van der Waals surface area contributed by atoms with Crippen LogP contribution in [0, 0.1) is 0 Å². The van der Waals surface area contributed by atoms with Crippen LogP contribution in [0.3, 0.4) is 0 Å². The summed E-state index contributed by atoms with van der Waals surface area (Å²) in [6.07, 6.45) is 26.9. The minimum atomic E-state index is -1.31. The van der Waals surface area contributed by atoms with Crippen molar-refractivity contribution < 1.29 is 29.3 Å². The number of carbonyl (C=O) groups excluding carboxylic acids is 2. The van der Waals surface area contributed by atoms with Gasteiger partial charge in [-0.05, 0) is 63.1 Å². The number of aromatic carboxylic acids is 1. The Balaban J connectivity index is 2.15. The molecule has 1 rings (SSSR count). The molecular formula is C32H45N3O6. The van der Waals surface area contributed by atoms with Crippen molar-refractivity contribution in [3.63, 3.8) is 0 Å². The van der Waals surface area contributed by atoms with Crippen LogP contribution in [0.15, 0.2) is 79.0 Å². The van der Waals surface area contributed by atoms with Crippen molar-refractivity contribution in [2.75, 3.05) is 25.0 Å². The highest BCUT2D eigenvalue weighted by atomic mass is 16.5. The Kier molecular flexibility index (Phi) is 19.3. The van der Waals surface area contributed by atoms with E-state index in [0.717, 1.165) is 38.2 Å². The lowest BCUT2D eigenvalue weighted by Gasteiger charge is -2.16. The fourth-order valence-corrected chi connectivity index (χ4v) is 3.46. The molecule has 9 heteroatoms. The highest BCUT2D eigenvalue weighted by molar-refractivity contribution is 5.95. The largest absolute Gasteiger partial charge is 0.507 e. The molecule has 0 aliphatic rings. The van der Waals surface area contributed by atoms with Gasteiger partial charge in [-0.2, -0.15) is 0 Å². The van der Waals surface area contributed by atoms with Gasteiger partial charge in [-0.25, -0.2) is 9.59 Å². The first kappa shape index (κ1) is 34.9. The average Bonchev–Trinajstić information content (AvgIpc) is 2.95. The number of carbonyl (C=O) groups is 3. The molecule has 0 aliphatic carbocycles. The number of aromatic hydroxyl groups is 1. The van der Waals surface area contributed by atoms with Crippen LogP contribution in [-0.2, 0) is 9.53 Å². The fourth-order valence-electron chi connectivity index (χ4n) is 3.46. The minimum absolute atomic E-state index is 0.165. The zero-order valence-electron chi connectivity index (χ0n) is 24.2. The van der Waals surface area contributed by atoms with E-state index in [-0.39, 0.29) is 30.2 Å². The van der Waals surface area contributed by atoms with Gasteiger partial charge in [0.15, 0.2) is 0 Å². The molecule has 3 amide bonds. The van der Waals surface area contributed by atoms with Crippen molar-refractivity contribution in [1.29, 1.82) is 0 Å². The fraction of sp³-hybridized carbons (Fsp3) is 0.406. The maximum atomic E-state index is 12.4. The van der Waals surface area contributed by atoms with E-state index < -0.39 is 23.9 Å². The number of hydrogen-bond donors (Lipinski definition) is 5. The molecule has 224 valence electrons. The molecule has 1 unspecified atom stereocenters. The molecule has 5 N–H and O–H groups in total. The van der Waals surface area contributed by atoms with Gasteiger partial charge in [-0.1, -0.05) is 74.6 Å². The zero-order valence-corrected chi connectivity index (χ0v) is 24.2. The van der Waals surface area contributed by atoms with Crippen LogP contribution >= 0.6 is 0 Å². The van der Waals surface area contributed by atoms with E-state index in [0.29, 0.717) is 19.4 Å². The molecule has 0 aromatic heterocycles. The molecule has 1 aromatic rings. The van der Waals surface area contributed by atoms with Crippen LogP contribution in [0.4, 0.5) is 10.5 Å². The summed E-state index contributed by atoms with van der Waals surface area (Å²) in [6, 6.07) is 3.15. The van der Waals surface area contributed by atoms with Gasteiger partial charge in [0.2, 0.25) is 5.91 Å². The van der Waals surface area contributed by atoms with E-state index in [2.05, 4.69) is 77.6 Å². The third kappa shape index (κ3) is 17.2. The highest BCUT2D eigenvalue weighted by Gasteiger charge is 2.16. The molecule has 0 heterocycles. The van der Waals surface area contributed by atoms with Crippen LogP contribution in [0.2, 0.25) is 0 Å². The standard InChI is InChI=1S/C32H45N3O6/c1-3-5-6-7-8-9-10-11-12-13-14-15-16-17-18-19-24-41-29(4-2)30(37)33-22-23-34-32(40)35-26-20-21-28(36)27(25-26)31(38)39/h5-6,8-9,11-12,14-15,17-18,20-21,25,29,36H,3-4,7,10,13,16,19,22-24H2,1-2H3,(H,33,37)(H,38,39)(H2,34,35,40)/b6-5-,9-8-,12-11-,15-14-,18-17-. The maximum absolute atomic E-state index is 12.4. The van der Waals surface area contributed by atoms with Crippen LogP contribution in [-0.4, -0.2) is 53.9 Å². The number of anilines is 1. The predicted octanol–water partition coefficient (Wildman–Crippen LogP) is 6.26. The number of amides is 3. The van der Waals surface area contributed by atoms with Gasteiger partial charge >= 0.3 is 12.0 Å². The Bertz CT molecular complexity index is 1080. The Morgan fingerprint density at radius 2 is 1.39 bits per heavy atom. The first-order valence-corrected chi connectivity index (χ1v) is 14.1. The van der Waals surface area contributed by atoms with Gasteiger partial charge in [0, 0.05) is 18.8 Å². The average molecular weight is 568 g/mol. The van der Waals surface area contributed by atoms with E-state index >= 15 is 0 Å². The second kappa shape index (κ2) is 22.7. The molecule has 0 saturated heterocycles. The molecule has 0 aliphatic heterocycles. The van der Waals surface area contributed by atoms with Crippen molar-refractivity contribution in [3.8, 4) is 5.75 Å². The number of hydrogen-bond acceptors (Lipinski definition) is 5. The van der Waals surface area contributed by atoms with Crippen LogP contribution in [0.25, 0.3) is 0 Å². The topological polar surface area (TPSA) is 137 Å². The summed E-state index contributed by atoms with van der Waals surface area (Å²) in [6.45, 7) is 4.81. The number of carboxylic acid groups (broad SMARTS) is 1. The summed E-state index contributed by atoms with van der Waals surface area (Å²) in [5.74, 6) is -1.94. The molecule has 0 fully saturated rings. The molecule has 0 radical (unpaired) electrons. The third-order valence-electron chi connectivity index (χ3n) is 5.62. The van der Waals surface area contributed by atoms with E-state index in [4.69, 9.17) is 9.84 Å². The highest BCUT2D eigenvalue weighted by Crippen LogP contribution is 2.21. The molecule has 1 aromatic carbocycles.